The first-order valence-electron chi connectivity index (χ1n) is 0.836. The molecule has 0 spiro atoms. The molecule has 3 nitrogen and oxygen atoms in total. The lowest BCUT2D eigenvalue weighted by molar-refractivity contribution is 0.499. The molecule has 0 aliphatic heterocycles. The fourth-order valence-corrected chi connectivity index (χ4v) is 0.0559. The van der Waals surface area contributed by atoms with Gasteiger partial charge in [-0.1, -0.05) is 0 Å². The summed E-state index contributed by atoms with van der Waals surface area (Å²) in [5, 5.41) is 7.40. The van der Waals surface area contributed by atoms with Gasteiger partial charge in [-0.3, -0.25) is 0 Å². The Morgan fingerprint density at radius 1 is 2.00 bits per heavy atom. The molecule has 4 heteroatoms. The lowest BCUT2D eigenvalue weighted by Gasteiger charge is -1.44. The molecule has 0 rings (SSSR count). The van der Waals surface area contributed by atoms with E-state index in [0.29, 0.717) is 0 Å². The molecule has 0 fully saturated rings. The average molecular weight is 90.0 g/mol. The Morgan fingerprint density at radius 3 is 2.60 bits per heavy atom. The Bertz CT molecular complexity index is 64.5. The standard InChI is InChI=1S/CHNO2P/c2-1-4-5-3/h5H/q+1. The first-order chi connectivity index (χ1) is 2.41. The summed E-state index contributed by atoms with van der Waals surface area (Å²) in [6.07, 6.45) is 1.22. The van der Waals surface area contributed by atoms with Gasteiger partial charge in [0.25, 0.3) is 0 Å². The van der Waals surface area contributed by atoms with E-state index in [1.165, 1.54) is 6.26 Å². The van der Waals surface area contributed by atoms with Crippen LogP contribution in [0, 0.1) is 11.5 Å². The van der Waals surface area contributed by atoms with Gasteiger partial charge in [-0.05, 0) is 4.57 Å². The molecule has 0 aromatic heterocycles. The van der Waals surface area contributed by atoms with Gasteiger partial charge >= 0.3 is 14.9 Å². The molecule has 26 valence electrons. The number of hydrogen-bond acceptors (Lipinski definition) is 3. The van der Waals surface area contributed by atoms with E-state index in [1.807, 2.05) is 0 Å². The summed E-state index contributed by atoms with van der Waals surface area (Å²) in [6, 6.07) is 0. The normalized spacial score (nSPS) is 6.20. The first kappa shape index (κ1) is 4.39. The van der Waals surface area contributed by atoms with Crippen LogP contribution in [-0.4, -0.2) is 0 Å². The molecule has 0 bridgehead atoms. The van der Waals surface area contributed by atoms with Gasteiger partial charge in [-0.2, -0.15) is 4.52 Å². The van der Waals surface area contributed by atoms with Crippen LogP contribution >= 0.6 is 8.69 Å². The van der Waals surface area contributed by atoms with E-state index in [9.17, 15) is 0 Å². The van der Waals surface area contributed by atoms with E-state index in [-0.39, 0.29) is 0 Å². The van der Waals surface area contributed by atoms with Gasteiger partial charge in [0.2, 0.25) is 0 Å². The molecule has 0 heterocycles. The Labute approximate surface area is 30.5 Å². The van der Waals surface area contributed by atoms with Gasteiger partial charge in [0.05, 0.1) is 0 Å². The molecule has 0 saturated heterocycles. The van der Waals surface area contributed by atoms with Crippen molar-refractivity contribution < 1.29 is 9.09 Å². The SMILES string of the molecule is N#CO[PH+]=O. The van der Waals surface area contributed by atoms with E-state index in [0.717, 1.165) is 0 Å². The van der Waals surface area contributed by atoms with Crippen molar-refractivity contribution in [3.63, 3.8) is 0 Å². The summed E-state index contributed by atoms with van der Waals surface area (Å²) in [5.41, 5.74) is 0. The van der Waals surface area contributed by atoms with Gasteiger partial charge in [0.15, 0.2) is 0 Å². The maximum atomic E-state index is 9.11. The van der Waals surface area contributed by atoms with Gasteiger partial charge in [-0.15, -0.1) is 5.26 Å². The largest absolute Gasteiger partial charge is 0.553 e. The summed E-state index contributed by atoms with van der Waals surface area (Å²) >= 11 is 0. The smallest absolute Gasteiger partial charge is 0.171 e. The van der Waals surface area contributed by atoms with Gasteiger partial charge in [0.1, 0.15) is 0 Å². The number of rotatable bonds is 1. The second-order valence-electron chi connectivity index (χ2n) is 0.277. The van der Waals surface area contributed by atoms with Gasteiger partial charge in [-0.25, -0.2) is 0 Å². The molecule has 0 aliphatic carbocycles. The molecule has 0 amide bonds. The molecule has 0 saturated carbocycles. The highest BCUT2D eigenvalue weighted by Gasteiger charge is 1.75. The Kier molecular flexibility index (Phi) is 2.98. The molecule has 0 radical (unpaired) electrons. The third-order valence-corrected chi connectivity index (χ3v) is 0.262. The van der Waals surface area contributed by atoms with E-state index in [4.69, 9.17) is 9.83 Å². The number of hydrogen-bond donors (Lipinski definition) is 0. The second-order valence-corrected chi connectivity index (χ2v) is 0.647. The average Bonchev–Trinajstić information content (AvgIpc) is 1.41. The minimum atomic E-state index is -0.953. The van der Waals surface area contributed by atoms with Crippen LogP contribution in [0.1, 0.15) is 0 Å². The highest BCUT2D eigenvalue weighted by Crippen LogP contribution is 1.86. The van der Waals surface area contributed by atoms with E-state index in [2.05, 4.69) is 4.52 Å². The van der Waals surface area contributed by atoms with Gasteiger partial charge < -0.3 is 0 Å². The molecule has 0 aliphatic rings. The Hall–Kier alpha value is -0.610. The second kappa shape index (κ2) is 3.39. The number of nitrogens with zero attached hydrogens (tertiary/aromatic N) is 1. The lowest BCUT2D eigenvalue weighted by Crippen LogP contribution is -1.43. The van der Waals surface area contributed by atoms with Crippen molar-refractivity contribution in [1.82, 2.24) is 0 Å². The Balaban J connectivity index is 2.75. The molecule has 1 unspecified atom stereocenters. The fourth-order valence-electron chi connectivity index (χ4n) is 0.0186. The highest BCUT2D eigenvalue weighted by atomic mass is 31.1. The molecule has 0 N–H and O–H groups in total. The topological polar surface area (TPSA) is 50.1 Å². The zero-order valence-corrected chi connectivity index (χ0v) is 3.26. The third-order valence-electron chi connectivity index (χ3n) is 0.0873. The summed E-state index contributed by atoms with van der Waals surface area (Å²) in [7, 11) is -0.953. The van der Waals surface area contributed by atoms with Crippen LogP contribution in [-0.2, 0) is 9.09 Å². The van der Waals surface area contributed by atoms with Crippen molar-refractivity contribution >= 4 is 8.69 Å². The minimum Gasteiger partial charge on any atom is -0.171 e. The van der Waals surface area contributed by atoms with Crippen LogP contribution in [0.3, 0.4) is 0 Å². The zero-order valence-electron chi connectivity index (χ0n) is 2.26. The fraction of sp³-hybridized carbons (Fsp3) is 0. The molecule has 5 heavy (non-hydrogen) atoms. The van der Waals surface area contributed by atoms with Crippen molar-refractivity contribution in [2.75, 3.05) is 0 Å². The van der Waals surface area contributed by atoms with E-state index in [1.54, 1.807) is 0 Å². The molecular formula is CHNO2P+. The van der Waals surface area contributed by atoms with Crippen LogP contribution < -0.4 is 0 Å². The Morgan fingerprint density at radius 2 is 2.60 bits per heavy atom. The van der Waals surface area contributed by atoms with Crippen molar-refractivity contribution in [3.05, 3.63) is 0 Å². The van der Waals surface area contributed by atoms with Gasteiger partial charge in [0, 0.05) is 0 Å². The summed E-state index contributed by atoms with van der Waals surface area (Å²) in [4.78, 5) is 0. The molecular weight excluding hydrogens is 89.0 g/mol. The lowest BCUT2D eigenvalue weighted by atomic mass is 11.6. The summed E-state index contributed by atoms with van der Waals surface area (Å²) in [5.74, 6) is 0. The summed E-state index contributed by atoms with van der Waals surface area (Å²) in [6.45, 7) is 0. The monoisotopic (exact) mass is 90.0 g/mol. The molecule has 0 aromatic carbocycles. The minimum absolute atomic E-state index is 0.953. The highest BCUT2D eigenvalue weighted by molar-refractivity contribution is 7.17. The maximum Gasteiger partial charge on any atom is 0.553 e. The first-order valence-corrected chi connectivity index (χ1v) is 1.65. The zero-order chi connectivity index (χ0) is 4.12. The van der Waals surface area contributed by atoms with Crippen LogP contribution in [0.15, 0.2) is 0 Å². The van der Waals surface area contributed by atoms with E-state index < -0.39 is 8.69 Å². The quantitative estimate of drug-likeness (QED) is 0.346. The summed E-state index contributed by atoms with van der Waals surface area (Å²) < 4.78 is 12.7. The van der Waals surface area contributed by atoms with Crippen LogP contribution in [0.25, 0.3) is 0 Å². The number of nitriles is 1. The predicted octanol–water partition coefficient (Wildman–Crippen LogP) is 0.423. The van der Waals surface area contributed by atoms with Crippen LogP contribution in [0.2, 0.25) is 0 Å². The maximum absolute atomic E-state index is 9.11. The van der Waals surface area contributed by atoms with Crippen LogP contribution in [0.5, 0.6) is 0 Å². The molecule has 1 atom stereocenters. The van der Waals surface area contributed by atoms with Crippen LogP contribution in [0.4, 0.5) is 0 Å². The van der Waals surface area contributed by atoms with Crippen molar-refractivity contribution in [1.29, 1.82) is 5.26 Å². The molecule has 0 aromatic rings. The van der Waals surface area contributed by atoms with Crippen molar-refractivity contribution in [2.24, 2.45) is 0 Å². The predicted molar refractivity (Wildman–Crippen MR) is 15.7 cm³/mol. The van der Waals surface area contributed by atoms with Crippen molar-refractivity contribution in [2.45, 2.75) is 0 Å². The van der Waals surface area contributed by atoms with E-state index >= 15 is 0 Å². The van der Waals surface area contributed by atoms with Crippen molar-refractivity contribution in [3.8, 4) is 6.26 Å². The third kappa shape index (κ3) is 3.39.